The van der Waals surface area contributed by atoms with E-state index in [1.165, 1.54) is 18.4 Å². The normalized spacial score (nSPS) is 9.75. The highest BCUT2D eigenvalue weighted by Gasteiger charge is 1.98. The van der Waals surface area contributed by atoms with Crippen LogP contribution in [0.1, 0.15) is 44.7 Å². The van der Waals surface area contributed by atoms with Crippen molar-refractivity contribution >= 4 is 28.1 Å². The van der Waals surface area contributed by atoms with Gasteiger partial charge in [-0.15, -0.1) is 0 Å². The molecule has 0 aromatic heterocycles. The van der Waals surface area contributed by atoms with E-state index in [9.17, 15) is 0 Å². The number of allylic oxidation sites excluding steroid dienone is 1. The molecule has 0 N–H and O–H groups in total. The zero-order valence-electron chi connectivity index (χ0n) is 10.5. The van der Waals surface area contributed by atoms with E-state index in [-0.39, 0.29) is 0 Å². The lowest BCUT2D eigenvalue weighted by Crippen LogP contribution is -1.80. The highest BCUT2D eigenvalue weighted by Crippen LogP contribution is 2.22. The summed E-state index contributed by atoms with van der Waals surface area (Å²) in [4.78, 5) is 0. The fourth-order valence-corrected chi connectivity index (χ4v) is 1.64. The number of unbranched alkanes of at least 4 members (excludes halogenated alkanes) is 1. The molecule has 1 aromatic rings. The van der Waals surface area contributed by atoms with Gasteiger partial charge in [-0.3, -0.25) is 0 Å². The lowest BCUT2D eigenvalue weighted by atomic mass is 10.1. The minimum absolute atomic E-state index is 1.09. The van der Waals surface area contributed by atoms with Crippen molar-refractivity contribution in [1.29, 1.82) is 0 Å². The van der Waals surface area contributed by atoms with Crippen molar-refractivity contribution in [1.82, 2.24) is 0 Å². The Morgan fingerprint density at radius 3 is 2.31 bits per heavy atom. The molecule has 0 bridgehead atoms. The summed E-state index contributed by atoms with van der Waals surface area (Å²) >= 11 is 3.47. The van der Waals surface area contributed by atoms with Crippen molar-refractivity contribution in [3.63, 3.8) is 0 Å². The summed E-state index contributed by atoms with van der Waals surface area (Å²) < 4.78 is 1.09. The van der Waals surface area contributed by atoms with Gasteiger partial charge in [-0.1, -0.05) is 79.6 Å². The van der Waals surface area contributed by atoms with Crippen LogP contribution in [-0.2, 0) is 0 Å². The van der Waals surface area contributed by atoms with Crippen LogP contribution >= 0.6 is 15.9 Å². The standard InChI is InChI=1S/C11H11Br.C4H10/c1-3-6-9-7-5-8-11(12)10(9)4-2;1-3-4-2/h3-8H,2H2,1H3;3-4H2,1-2H3/b6-3-;. The van der Waals surface area contributed by atoms with Gasteiger partial charge in [0.2, 0.25) is 0 Å². The van der Waals surface area contributed by atoms with E-state index in [1.807, 2.05) is 31.2 Å². The molecule has 0 saturated heterocycles. The van der Waals surface area contributed by atoms with Crippen LogP contribution in [0.15, 0.2) is 35.3 Å². The highest BCUT2D eigenvalue weighted by atomic mass is 79.9. The second-order valence-electron chi connectivity index (χ2n) is 3.45. The molecule has 0 radical (unpaired) electrons. The Balaban J connectivity index is 0.000000487. The third kappa shape index (κ3) is 5.32. The lowest BCUT2D eigenvalue weighted by molar-refractivity contribution is 0.886. The molecule has 16 heavy (non-hydrogen) atoms. The van der Waals surface area contributed by atoms with E-state index < -0.39 is 0 Å². The second kappa shape index (κ2) is 9.41. The van der Waals surface area contributed by atoms with E-state index in [1.54, 1.807) is 0 Å². The molecule has 0 heterocycles. The van der Waals surface area contributed by atoms with Crippen molar-refractivity contribution in [3.8, 4) is 0 Å². The fourth-order valence-electron chi connectivity index (χ4n) is 1.09. The SMILES string of the molecule is C=Cc1c(Br)cccc1/C=C\C.CCCC. The van der Waals surface area contributed by atoms with E-state index in [2.05, 4.69) is 48.5 Å². The van der Waals surface area contributed by atoms with Crippen LogP contribution in [0.2, 0.25) is 0 Å². The van der Waals surface area contributed by atoms with Crippen LogP contribution in [0.5, 0.6) is 0 Å². The molecule has 1 aromatic carbocycles. The van der Waals surface area contributed by atoms with Crippen molar-refractivity contribution in [2.45, 2.75) is 33.6 Å². The van der Waals surface area contributed by atoms with Crippen LogP contribution < -0.4 is 0 Å². The van der Waals surface area contributed by atoms with Crippen LogP contribution in [0.4, 0.5) is 0 Å². The largest absolute Gasteiger partial charge is 0.0984 e. The molecule has 0 atom stereocenters. The van der Waals surface area contributed by atoms with E-state index in [0.29, 0.717) is 0 Å². The summed E-state index contributed by atoms with van der Waals surface area (Å²) in [6, 6.07) is 6.11. The Hall–Kier alpha value is -0.820. The molecule has 1 rings (SSSR count). The number of hydrogen-bond donors (Lipinski definition) is 0. The molecule has 0 fully saturated rings. The zero-order chi connectivity index (χ0) is 12.4. The van der Waals surface area contributed by atoms with Gasteiger partial charge in [-0.2, -0.15) is 0 Å². The first-order valence-electron chi connectivity index (χ1n) is 5.74. The predicted octanol–water partition coefficient (Wildman–Crippen LogP) is 5.93. The van der Waals surface area contributed by atoms with Crippen LogP contribution in [0, 0.1) is 0 Å². The first-order valence-corrected chi connectivity index (χ1v) is 6.54. The molecular weight excluding hydrogens is 260 g/mol. The maximum Gasteiger partial charge on any atom is 0.0253 e. The van der Waals surface area contributed by atoms with Crippen LogP contribution in [0.3, 0.4) is 0 Å². The monoisotopic (exact) mass is 280 g/mol. The number of benzene rings is 1. The van der Waals surface area contributed by atoms with Gasteiger partial charge in [0, 0.05) is 4.47 Å². The van der Waals surface area contributed by atoms with Gasteiger partial charge in [0.1, 0.15) is 0 Å². The van der Waals surface area contributed by atoms with Gasteiger partial charge in [0.15, 0.2) is 0 Å². The lowest BCUT2D eigenvalue weighted by Gasteiger charge is -2.02. The Morgan fingerprint density at radius 2 is 1.88 bits per heavy atom. The Morgan fingerprint density at radius 1 is 1.25 bits per heavy atom. The maximum absolute atomic E-state index is 3.77. The van der Waals surface area contributed by atoms with Gasteiger partial charge < -0.3 is 0 Å². The molecule has 0 aliphatic carbocycles. The quantitative estimate of drug-likeness (QED) is 0.644. The van der Waals surface area contributed by atoms with Gasteiger partial charge in [0.25, 0.3) is 0 Å². The summed E-state index contributed by atoms with van der Waals surface area (Å²) in [5.74, 6) is 0. The van der Waals surface area contributed by atoms with Crippen molar-refractivity contribution in [2.24, 2.45) is 0 Å². The molecule has 0 saturated carbocycles. The summed E-state index contributed by atoms with van der Waals surface area (Å²) in [6.45, 7) is 10.1. The summed E-state index contributed by atoms with van der Waals surface area (Å²) in [5, 5.41) is 0. The van der Waals surface area contributed by atoms with Crippen molar-refractivity contribution in [2.75, 3.05) is 0 Å². The molecule has 0 spiro atoms. The second-order valence-corrected chi connectivity index (χ2v) is 4.30. The first kappa shape index (κ1) is 15.2. The Labute approximate surface area is 108 Å². The number of halogens is 1. The first-order chi connectivity index (χ1) is 7.71. The van der Waals surface area contributed by atoms with E-state index in [4.69, 9.17) is 0 Å². The average molecular weight is 281 g/mol. The summed E-state index contributed by atoms with van der Waals surface area (Å²) in [6.07, 6.45) is 8.59. The Kier molecular flexibility index (Phi) is 8.93. The highest BCUT2D eigenvalue weighted by molar-refractivity contribution is 9.10. The molecule has 0 unspecified atom stereocenters. The molecule has 0 aliphatic heterocycles. The summed E-state index contributed by atoms with van der Waals surface area (Å²) in [5.41, 5.74) is 2.34. The van der Waals surface area contributed by atoms with Gasteiger partial charge >= 0.3 is 0 Å². The molecule has 0 amide bonds. The predicted molar refractivity (Wildman–Crippen MR) is 79.5 cm³/mol. The molecule has 1 heteroatoms. The maximum atomic E-state index is 3.77. The molecule has 88 valence electrons. The topological polar surface area (TPSA) is 0 Å². The summed E-state index contributed by atoms with van der Waals surface area (Å²) in [7, 11) is 0. The molecular formula is C15H21Br. The zero-order valence-corrected chi connectivity index (χ0v) is 12.0. The van der Waals surface area contributed by atoms with Crippen LogP contribution in [-0.4, -0.2) is 0 Å². The number of rotatable bonds is 3. The third-order valence-electron chi connectivity index (χ3n) is 2.14. The van der Waals surface area contributed by atoms with Gasteiger partial charge in [-0.05, 0) is 24.1 Å². The van der Waals surface area contributed by atoms with Gasteiger partial charge in [-0.25, -0.2) is 0 Å². The minimum Gasteiger partial charge on any atom is -0.0984 e. The molecule has 0 nitrogen and oxygen atoms in total. The molecule has 0 aliphatic rings. The van der Waals surface area contributed by atoms with Crippen molar-refractivity contribution in [3.05, 3.63) is 46.5 Å². The Bertz CT molecular complexity index is 335. The van der Waals surface area contributed by atoms with Gasteiger partial charge in [0.05, 0.1) is 0 Å². The van der Waals surface area contributed by atoms with Crippen molar-refractivity contribution < 1.29 is 0 Å². The average Bonchev–Trinajstić information content (AvgIpc) is 2.30. The number of hydrogen-bond acceptors (Lipinski definition) is 0. The van der Waals surface area contributed by atoms with Crippen LogP contribution in [0.25, 0.3) is 12.2 Å². The fraction of sp³-hybridized carbons (Fsp3) is 0.333. The minimum atomic E-state index is 1.09. The van der Waals surface area contributed by atoms with E-state index >= 15 is 0 Å². The van der Waals surface area contributed by atoms with E-state index in [0.717, 1.165) is 10.0 Å². The third-order valence-corrected chi connectivity index (χ3v) is 2.83. The smallest absolute Gasteiger partial charge is 0.0253 e.